The number of carbonyl (C=O) groups is 2. The van der Waals surface area contributed by atoms with E-state index in [2.05, 4.69) is 10.3 Å². The van der Waals surface area contributed by atoms with Crippen LogP contribution in [0.15, 0.2) is 87.7 Å². The Labute approximate surface area is 224 Å². The van der Waals surface area contributed by atoms with E-state index < -0.39 is 17.8 Å². The molecule has 1 fully saturated rings. The fraction of sp³-hybridized carbons (Fsp3) is 0.194. The summed E-state index contributed by atoms with van der Waals surface area (Å²) in [7, 11) is 0. The monoisotopic (exact) mass is 522 g/mol. The first-order valence-electron chi connectivity index (χ1n) is 12.7. The molecule has 0 spiro atoms. The van der Waals surface area contributed by atoms with Crippen LogP contribution in [0.4, 0.5) is 10.5 Å². The molecular weight excluding hydrogens is 496 g/mol. The van der Waals surface area contributed by atoms with Crippen LogP contribution < -0.4 is 5.32 Å². The van der Waals surface area contributed by atoms with E-state index in [0.29, 0.717) is 29.3 Å². The van der Waals surface area contributed by atoms with Crippen LogP contribution in [0.5, 0.6) is 0 Å². The Morgan fingerprint density at radius 1 is 0.949 bits per heavy atom. The number of rotatable bonds is 8. The molecule has 3 aromatic carbocycles. The number of nitrogens with one attached hydrogen (secondary N) is 1. The van der Waals surface area contributed by atoms with Crippen LogP contribution in [0.2, 0.25) is 0 Å². The van der Waals surface area contributed by atoms with Crippen molar-refractivity contribution in [2.75, 3.05) is 5.32 Å². The summed E-state index contributed by atoms with van der Waals surface area (Å²) in [6.07, 6.45) is 0.617. The van der Waals surface area contributed by atoms with E-state index in [-0.39, 0.29) is 5.78 Å². The molecule has 0 saturated heterocycles. The summed E-state index contributed by atoms with van der Waals surface area (Å²) in [5.41, 5.74) is 4.98. The smallest absolute Gasteiger partial charge is 0.412 e. The molecule has 196 valence electrons. The lowest BCUT2D eigenvalue weighted by atomic mass is 9.99. The van der Waals surface area contributed by atoms with Crippen LogP contribution in [0.1, 0.15) is 42.9 Å². The minimum atomic E-state index is -0.625. The zero-order valence-corrected chi connectivity index (χ0v) is 21.5. The van der Waals surface area contributed by atoms with Gasteiger partial charge < -0.3 is 18.3 Å². The Morgan fingerprint density at radius 2 is 1.59 bits per heavy atom. The number of aromatic nitrogens is 1. The molecule has 2 aromatic heterocycles. The molecule has 8 nitrogen and oxygen atoms in total. The van der Waals surface area contributed by atoms with Crippen LogP contribution in [0.3, 0.4) is 0 Å². The Hall–Kier alpha value is -4.85. The molecule has 1 unspecified atom stereocenters. The molecule has 8 heteroatoms. The van der Waals surface area contributed by atoms with Gasteiger partial charge in [-0.3, -0.25) is 10.1 Å². The van der Waals surface area contributed by atoms with Gasteiger partial charge in [0.05, 0.1) is 0 Å². The van der Waals surface area contributed by atoms with Gasteiger partial charge in [0.1, 0.15) is 17.4 Å². The Kier molecular flexibility index (Phi) is 6.15. The molecule has 1 aliphatic carbocycles. The third kappa shape index (κ3) is 4.77. The van der Waals surface area contributed by atoms with Crippen molar-refractivity contribution in [1.82, 2.24) is 4.98 Å². The second-order valence-electron chi connectivity index (χ2n) is 9.62. The van der Waals surface area contributed by atoms with Gasteiger partial charge in [-0.2, -0.15) is 0 Å². The zero-order chi connectivity index (χ0) is 27.0. The number of anilines is 1. The van der Waals surface area contributed by atoms with E-state index in [0.717, 1.165) is 40.7 Å². The summed E-state index contributed by atoms with van der Waals surface area (Å²) in [5.74, 6) is 1.07. The lowest BCUT2D eigenvalue weighted by molar-refractivity contribution is -0.136. The second-order valence-corrected chi connectivity index (χ2v) is 9.62. The Bertz CT molecular complexity index is 1630. The number of furan rings is 1. The quantitative estimate of drug-likeness (QED) is 0.210. The van der Waals surface area contributed by atoms with Gasteiger partial charge in [-0.15, -0.1) is 0 Å². The topological polar surface area (TPSA) is 104 Å². The molecule has 1 atom stereocenters. The second kappa shape index (κ2) is 9.79. The zero-order valence-electron chi connectivity index (χ0n) is 21.5. The lowest BCUT2D eigenvalue weighted by Gasteiger charge is -2.14. The van der Waals surface area contributed by atoms with Gasteiger partial charge in [0, 0.05) is 12.5 Å². The molecule has 39 heavy (non-hydrogen) atoms. The number of hydrogen-bond acceptors (Lipinski definition) is 7. The molecule has 0 radical (unpaired) electrons. The molecule has 1 N–H and O–H groups in total. The van der Waals surface area contributed by atoms with E-state index in [1.807, 2.05) is 85.8 Å². The van der Waals surface area contributed by atoms with Gasteiger partial charge >= 0.3 is 11.9 Å². The summed E-state index contributed by atoms with van der Waals surface area (Å²) in [5, 5.41) is 2.81. The molecule has 1 saturated carbocycles. The summed E-state index contributed by atoms with van der Waals surface area (Å²) in [4.78, 5) is 28.1. The van der Waals surface area contributed by atoms with E-state index in [1.54, 1.807) is 6.92 Å². The molecule has 5 aromatic rings. The molecule has 0 bridgehead atoms. The number of hydrogen-bond donors (Lipinski definition) is 1. The SMILES string of the molecule is Cc1nc2c(NC(=O)OC(C)c3ccccc3)c(-c3ccc(-c4ccc(C5(OC=O)CC5)cc4)cc3)oc2o1. The van der Waals surface area contributed by atoms with Gasteiger partial charge in [0.25, 0.3) is 6.47 Å². The largest absolute Gasteiger partial charge is 0.456 e. The summed E-state index contributed by atoms with van der Waals surface area (Å²) in [6, 6.07) is 25.3. The number of aryl methyl sites for hydroxylation is 1. The number of carbonyl (C=O) groups excluding carboxylic acids is 2. The highest BCUT2D eigenvalue weighted by Gasteiger charge is 2.46. The molecule has 1 amide bonds. The van der Waals surface area contributed by atoms with Gasteiger partial charge in [-0.05, 0) is 42.0 Å². The van der Waals surface area contributed by atoms with Crippen molar-refractivity contribution in [3.63, 3.8) is 0 Å². The average molecular weight is 523 g/mol. The lowest BCUT2D eigenvalue weighted by Crippen LogP contribution is -2.16. The van der Waals surface area contributed by atoms with E-state index >= 15 is 0 Å². The molecular formula is C31H26N2O6. The van der Waals surface area contributed by atoms with E-state index in [9.17, 15) is 9.59 Å². The highest BCUT2D eigenvalue weighted by atomic mass is 16.6. The van der Waals surface area contributed by atoms with Crippen LogP contribution in [-0.2, 0) is 19.9 Å². The number of nitrogens with zero attached hydrogens (tertiary/aromatic N) is 1. The summed E-state index contributed by atoms with van der Waals surface area (Å²) in [6.45, 7) is 4.05. The fourth-order valence-electron chi connectivity index (χ4n) is 4.75. The van der Waals surface area contributed by atoms with Gasteiger partial charge in [0.15, 0.2) is 17.2 Å². The standard InChI is InChI=1S/C31H26N2O6/c1-19(21-6-4-3-5-7-21)37-30(35)33-26-27-29(38-20(2)32-27)39-28(26)24-10-8-22(9-11-24)23-12-14-25(15-13-23)31(16-17-31)36-18-34/h3-15,18-19H,16-17H2,1-2H3,(H,33,35). The van der Waals surface area contributed by atoms with Crippen molar-refractivity contribution in [2.24, 2.45) is 0 Å². The van der Waals surface area contributed by atoms with E-state index in [4.69, 9.17) is 18.3 Å². The molecule has 0 aliphatic heterocycles. The van der Waals surface area contributed by atoms with Gasteiger partial charge in [0.2, 0.25) is 0 Å². The van der Waals surface area contributed by atoms with Gasteiger partial charge in [-0.25, -0.2) is 9.78 Å². The number of oxazole rings is 1. The molecule has 1 aliphatic rings. The van der Waals surface area contributed by atoms with Crippen molar-refractivity contribution in [2.45, 2.75) is 38.4 Å². The summed E-state index contributed by atoms with van der Waals surface area (Å²) >= 11 is 0. The van der Waals surface area contributed by atoms with Crippen molar-refractivity contribution in [3.05, 3.63) is 95.9 Å². The first kappa shape index (κ1) is 24.5. The third-order valence-electron chi connectivity index (χ3n) is 7.01. The van der Waals surface area contributed by atoms with Crippen LogP contribution in [-0.4, -0.2) is 17.5 Å². The van der Waals surface area contributed by atoms with E-state index in [1.165, 1.54) is 0 Å². The number of amides is 1. The van der Waals surface area contributed by atoms with Gasteiger partial charge in [-0.1, -0.05) is 78.9 Å². The average Bonchev–Trinajstić information content (AvgIpc) is 3.55. The first-order chi connectivity index (χ1) is 19.0. The predicted octanol–water partition coefficient (Wildman–Crippen LogP) is 7.54. The maximum Gasteiger partial charge on any atom is 0.412 e. The number of benzene rings is 3. The van der Waals surface area contributed by atoms with Crippen molar-refractivity contribution in [1.29, 1.82) is 0 Å². The van der Waals surface area contributed by atoms with Crippen LogP contribution in [0, 0.1) is 6.92 Å². The highest BCUT2D eigenvalue weighted by molar-refractivity contribution is 6.01. The molecule has 6 rings (SSSR count). The fourth-order valence-corrected chi connectivity index (χ4v) is 4.75. The predicted molar refractivity (Wildman–Crippen MR) is 145 cm³/mol. The Morgan fingerprint density at radius 3 is 2.23 bits per heavy atom. The number of fused-ring (bicyclic) bond motifs is 1. The maximum absolute atomic E-state index is 12.8. The third-order valence-corrected chi connectivity index (χ3v) is 7.01. The minimum absolute atomic E-state index is 0.222. The van der Waals surface area contributed by atoms with Crippen molar-refractivity contribution < 1.29 is 27.9 Å². The van der Waals surface area contributed by atoms with Crippen LogP contribution >= 0.6 is 0 Å². The molecule has 2 heterocycles. The van der Waals surface area contributed by atoms with Crippen molar-refractivity contribution in [3.8, 4) is 22.5 Å². The minimum Gasteiger partial charge on any atom is -0.456 e. The number of ether oxygens (including phenoxy) is 2. The van der Waals surface area contributed by atoms with Crippen LogP contribution in [0.25, 0.3) is 33.7 Å². The maximum atomic E-state index is 12.8. The normalized spacial score (nSPS) is 14.5. The highest BCUT2D eigenvalue weighted by Crippen LogP contribution is 2.49. The first-order valence-corrected chi connectivity index (χ1v) is 12.7. The summed E-state index contributed by atoms with van der Waals surface area (Å²) < 4.78 is 22.5. The van der Waals surface area contributed by atoms with Crippen molar-refractivity contribution >= 4 is 29.5 Å². The Balaban J connectivity index is 1.24.